The van der Waals surface area contributed by atoms with Gasteiger partial charge < -0.3 is 10.2 Å². The van der Waals surface area contributed by atoms with Crippen LogP contribution in [0.3, 0.4) is 0 Å². The van der Waals surface area contributed by atoms with Crippen molar-refractivity contribution in [2.45, 2.75) is 13.0 Å². The highest BCUT2D eigenvalue weighted by Gasteiger charge is 2.31. The third-order valence-electron chi connectivity index (χ3n) is 4.33. The zero-order chi connectivity index (χ0) is 17.6. The Bertz CT molecular complexity index is 963. The minimum atomic E-state index is -0.319. The standard InChI is InChI=1S/C17H17FN6O/c1-10-5-15(23(2)22-10)17(25)21-12-7-24(8-12)16-13-6-11(18)3-4-14(13)19-9-20-16/h3-6,9,12H,7-8H2,1-2H3,(H,21,25). The predicted octanol–water partition coefficient (Wildman–Crippen LogP) is 1.43. The summed E-state index contributed by atoms with van der Waals surface area (Å²) in [6, 6.07) is 6.23. The highest BCUT2D eigenvalue weighted by molar-refractivity contribution is 5.93. The zero-order valence-corrected chi connectivity index (χ0v) is 13.9. The number of benzene rings is 1. The lowest BCUT2D eigenvalue weighted by molar-refractivity contribution is 0.0920. The van der Waals surface area contributed by atoms with E-state index in [-0.39, 0.29) is 17.8 Å². The molecule has 0 aliphatic carbocycles. The van der Waals surface area contributed by atoms with Crippen molar-refractivity contribution >= 4 is 22.6 Å². The van der Waals surface area contributed by atoms with Crippen molar-refractivity contribution < 1.29 is 9.18 Å². The Labute approximate surface area is 143 Å². The number of carbonyl (C=O) groups excluding carboxylic acids is 1. The Balaban J connectivity index is 1.47. The van der Waals surface area contributed by atoms with E-state index in [4.69, 9.17) is 0 Å². The summed E-state index contributed by atoms with van der Waals surface area (Å²) in [4.78, 5) is 22.8. The van der Waals surface area contributed by atoms with Gasteiger partial charge in [-0.2, -0.15) is 5.10 Å². The second-order valence-corrected chi connectivity index (χ2v) is 6.23. The summed E-state index contributed by atoms with van der Waals surface area (Å²) in [5.74, 6) is 0.221. The highest BCUT2D eigenvalue weighted by Crippen LogP contribution is 2.27. The molecular weight excluding hydrogens is 323 g/mol. The molecule has 1 fully saturated rings. The largest absolute Gasteiger partial charge is 0.352 e. The number of amides is 1. The van der Waals surface area contributed by atoms with E-state index in [1.165, 1.54) is 18.5 Å². The van der Waals surface area contributed by atoms with Gasteiger partial charge in [0.05, 0.1) is 17.3 Å². The molecule has 0 unspecified atom stereocenters. The van der Waals surface area contributed by atoms with Crippen LogP contribution in [0.1, 0.15) is 16.2 Å². The smallest absolute Gasteiger partial charge is 0.269 e. The maximum absolute atomic E-state index is 13.5. The van der Waals surface area contributed by atoms with Gasteiger partial charge in [0.25, 0.3) is 5.91 Å². The summed E-state index contributed by atoms with van der Waals surface area (Å²) < 4.78 is 15.1. The van der Waals surface area contributed by atoms with Gasteiger partial charge >= 0.3 is 0 Å². The number of fused-ring (bicyclic) bond motifs is 1. The number of aromatic nitrogens is 4. The topological polar surface area (TPSA) is 75.9 Å². The summed E-state index contributed by atoms with van der Waals surface area (Å²) in [7, 11) is 1.75. The van der Waals surface area contributed by atoms with Gasteiger partial charge in [0.1, 0.15) is 23.7 Å². The van der Waals surface area contributed by atoms with Crippen LogP contribution < -0.4 is 10.2 Å². The molecule has 8 heteroatoms. The van der Waals surface area contributed by atoms with Gasteiger partial charge in [0.2, 0.25) is 0 Å². The van der Waals surface area contributed by atoms with Crippen LogP contribution in [0.5, 0.6) is 0 Å². The number of anilines is 1. The van der Waals surface area contributed by atoms with Gasteiger partial charge in [-0.25, -0.2) is 14.4 Å². The summed E-state index contributed by atoms with van der Waals surface area (Å²) in [6.45, 7) is 3.08. The quantitative estimate of drug-likeness (QED) is 0.781. The first kappa shape index (κ1) is 15.5. The minimum absolute atomic E-state index is 0.0151. The molecule has 0 atom stereocenters. The van der Waals surface area contributed by atoms with E-state index in [2.05, 4.69) is 20.4 Å². The fourth-order valence-electron chi connectivity index (χ4n) is 3.09. The minimum Gasteiger partial charge on any atom is -0.352 e. The number of aryl methyl sites for hydroxylation is 2. The van der Waals surface area contributed by atoms with Crippen LogP contribution in [0.25, 0.3) is 10.9 Å². The first-order valence-corrected chi connectivity index (χ1v) is 7.98. The molecule has 1 amide bonds. The molecule has 0 saturated carbocycles. The fraction of sp³-hybridized carbons (Fsp3) is 0.294. The van der Waals surface area contributed by atoms with E-state index in [0.717, 1.165) is 5.69 Å². The SMILES string of the molecule is Cc1cc(C(=O)NC2CN(c3ncnc4ccc(F)cc34)C2)n(C)n1. The average Bonchev–Trinajstić information content (AvgIpc) is 2.88. The molecule has 0 radical (unpaired) electrons. The summed E-state index contributed by atoms with van der Waals surface area (Å²) in [6.07, 6.45) is 1.47. The molecule has 1 aromatic carbocycles. The van der Waals surface area contributed by atoms with E-state index in [9.17, 15) is 9.18 Å². The normalized spacial score (nSPS) is 14.6. The molecule has 1 aliphatic rings. The molecule has 1 N–H and O–H groups in total. The van der Waals surface area contributed by atoms with Crippen LogP contribution in [0.4, 0.5) is 10.2 Å². The lowest BCUT2D eigenvalue weighted by Crippen LogP contribution is -2.59. The summed E-state index contributed by atoms with van der Waals surface area (Å²) in [5.41, 5.74) is 2.03. The van der Waals surface area contributed by atoms with Gasteiger partial charge in [-0.05, 0) is 31.2 Å². The van der Waals surface area contributed by atoms with Gasteiger partial charge in [-0.15, -0.1) is 0 Å². The van der Waals surface area contributed by atoms with Crippen molar-refractivity contribution in [3.63, 3.8) is 0 Å². The molecule has 0 spiro atoms. The van der Waals surface area contributed by atoms with Gasteiger partial charge in [-0.1, -0.05) is 0 Å². The second-order valence-electron chi connectivity index (χ2n) is 6.23. The molecule has 1 aliphatic heterocycles. The number of rotatable bonds is 3. The van der Waals surface area contributed by atoms with Crippen molar-refractivity contribution in [3.05, 3.63) is 47.8 Å². The van der Waals surface area contributed by atoms with E-state index in [1.807, 2.05) is 11.8 Å². The lowest BCUT2D eigenvalue weighted by atomic mass is 10.1. The fourth-order valence-corrected chi connectivity index (χ4v) is 3.09. The molecule has 128 valence electrons. The number of nitrogens with one attached hydrogen (secondary N) is 1. The van der Waals surface area contributed by atoms with E-state index < -0.39 is 0 Å². The molecule has 7 nitrogen and oxygen atoms in total. The molecule has 25 heavy (non-hydrogen) atoms. The number of halogens is 1. The average molecular weight is 340 g/mol. The highest BCUT2D eigenvalue weighted by atomic mass is 19.1. The van der Waals surface area contributed by atoms with Crippen LogP contribution in [-0.4, -0.2) is 44.8 Å². The maximum atomic E-state index is 13.5. The summed E-state index contributed by atoms with van der Waals surface area (Å²) >= 11 is 0. The molecule has 0 bridgehead atoms. The third-order valence-corrected chi connectivity index (χ3v) is 4.33. The number of nitrogens with zero attached hydrogens (tertiary/aromatic N) is 5. The van der Waals surface area contributed by atoms with Crippen LogP contribution in [0.2, 0.25) is 0 Å². The summed E-state index contributed by atoms with van der Waals surface area (Å²) in [5, 5.41) is 7.84. The third kappa shape index (κ3) is 2.79. The van der Waals surface area contributed by atoms with Crippen molar-refractivity contribution in [3.8, 4) is 0 Å². The zero-order valence-electron chi connectivity index (χ0n) is 13.9. The molecular formula is C17H17FN6O. The maximum Gasteiger partial charge on any atom is 0.269 e. The molecule has 4 rings (SSSR count). The van der Waals surface area contributed by atoms with Crippen LogP contribution in [0, 0.1) is 12.7 Å². The Kier molecular flexibility index (Phi) is 3.60. The predicted molar refractivity (Wildman–Crippen MR) is 90.9 cm³/mol. The van der Waals surface area contributed by atoms with Crippen molar-refractivity contribution in [2.24, 2.45) is 7.05 Å². The Morgan fingerprint density at radius 1 is 1.28 bits per heavy atom. The number of carbonyl (C=O) groups is 1. The second kappa shape index (κ2) is 5.80. The van der Waals surface area contributed by atoms with E-state index >= 15 is 0 Å². The lowest BCUT2D eigenvalue weighted by Gasteiger charge is -2.40. The number of hydrogen-bond acceptors (Lipinski definition) is 5. The van der Waals surface area contributed by atoms with Crippen LogP contribution in [0.15, 0.2) is 30.6 Å². The Morgan fingerprint density at radius 2 is 2.08 bits per heavy atom. The van der Waals surface area contributed by atoms with Gasteiger partial charge in [-0.3, -0.25) is 9.48 Å². The Hall–Kier alpha value is -3.03. The Morgan fingerprint density at radius 3 is 2.80 bits per heavy atom. The van der Waals surface area contributed by atoms with Crippen molar-refractivity contribution in [1.82, 2.24) is 25.1 Å². The number of hydrogen-bond donors (Lipinski definition) is 1. The van der Waals surface area contributed by atoms with Crippen LogP contribution >= 0.6 is 0 Å². The van der Waals surface area contributed by atoms with Gasteiger partial charge in [0, 0.05) is 25.5 Å². The first-order valence-electron chi connectivity index (χ1n) is 7.98. The molecule has 2 aromatic heterocycles. The van der Waals surface area contributed by atoms with Gasteiger partial charge in [0.15, 0.2) is 0 Å². The van der Waals surface area contributed by atoms with E-state index in [1.54, 1.807) is 23.9 Å². The van der Waals surface area contributed by atoms with E-state index in [0.29, 0.717) is 35.5 Å². The van der Waals surface area contributed by atoms with Crippen LogP contribution in [-0.2, 0) is 7.05 Å². The van der Waals surface area contributed by atoms with Crippen molar-refractivity contribution in [2.75, 3.05) is 18.0 Å². The molecule has 3 heterocycles. The molecule has 1 saturated heterocycles. The first-order chi connectivity index (χ1) is 12.0. The van der Waals surface area contributed by atoms with Crippen molar-refractivity contribution in [1.29, 1.82) is 0 Å². The monoisotopic (exact) mass is 340 g/mol. The molecule has 3 aromatic rings.